The second-order valence-corrected chi connectivity index (χ2v) is 8.38. The molecule has 0 saturated carbocycles. The van der Waals surface area contributed by atoms with Gasteiger partial charge in [-0.1, -0.05) is 0 Å². The monoisotopic (exact) mass is 463 g/mol. The van der Waals surface area contributed by atoms with Gasteiger partial charge in [-0.25, -0.2) is 19.7 Å². The Bertz CT molecular complexity index is 1450. The molecule has 0 atom stereocenters. The summed E-state index contributed by atoms with van der Waals surface area (Å²) in [6.07, 6.45) is 4.20. The number of amides is 1. The van der Waals surface area contributed by atoms with Gasteiger partial charge < -0.3 is 15.3 Å². The zero-order valence-corrected chi connectivity index (χ0v) is 18.1. The minimum absolute atomic E-state index is 0.123. The molecule has 4 aromatic heterocycles. The van der Waals surface area contributed by atoms with E-state index < -0.39 is 11.4 Å². The molecule has 5 rings (SSSR count). The number of nitrogens with one attached hydrogen (secondary N) is 1. The average molecular weight is 463 g/mol. The van der Waals surface area contributed by atoms with Crippen LogP contribution in [0.25, 0.3) is 16.2 Å². The number of carbonyl (C=O) groups excluding carboxylic acids is 1. The van der Waals surface area contributed by atoms with Crippen molar-refractivity contribution in [1.82, 2.24) is 23.9 Å². The predicted molar refractivity (Wildman–Crippen MR) is 121 cm³/mol. The van der Waals surface area contributed by atoms with E-state index >= 15 is 0 Å². The van der Waals surface area contributed by atoms with E-state index in [-0.39, 0.29) is 28.4 Å². The lowest BCUT2D eigenvalue weighted by atomic mass is 9.99. The number of aromatic nitrogens is 5. The molecular weight excluding hydrogens is 446 g/mol. The van der Waals surface area contributed by atoms with Crippen molar-refractivity contribution in [2.75, 3.05) is 23.3 Å². The Morgan fingerprint density at radius 2 is 2.03 bits per heavy atom. The van der Waals surface area contributed by atoms with Gasteiger partial charge in [0.25, 0.3) is 0 Å². The molecule has 0 bridgehead atoms. The Labute approximate surface area is 190 Å². The van der Waals surface area contributed by atoms with Gasteiger partial charge >= 0.3 is 5.97 Å². The number of anilines is 2. The summed E-state index contributed by atoms with van der Waals surface area (Å²) in [4.78, 5) is 51.5. The van der Waals surface area contributed by atoms with Gasteiger partial charge in [-0.05, 0) is 36.8 Å². The highest BCUT2D eigenvalue weighted by molar-refractivity contribution is 7.08. The van der Waals surface area contributed by atoms with Crippen LogP contribution < -0.4 is 15.6 Å². The number of rotatable bonds is 5. The van der Waals surface area contributed by atoms with Crippen molar-refractivity contribution in [3.63, 3.8) is 0 Å². The zero-order valence-electron chi connectivity index (χ0n) is 17.3. The van der Waals surface area contributed by atoms with E-state index in [4.69, 9.17) is 0 Å². The van der Waals surface area contributed by atoms with Crippen molar-refractivity contribution in [2.45, 2.75) is 6.92 Å². The van der Waals surface area contributed by atoms with E-state index in [1.54, 1.807) is 24.4 Å². The summed E-state index contributed by atoms with van der Waals surface area (Å²) in [5.41, 5.74) is 0.279. The summed E-state index contributed by atoms with van der Waals surface area (Å²) in [6, 6.07) is 6.86. The Morgan fingerprint density at radius 3 is 2.73 bits per heavy atom. The molecule has 0 unspecified atom stereocenters. The summed E-state index contributed by atoms with van der Waals surface area (Å²) in [5.74, 6) is -0.603. The molecule has 0 aliphatic carbocycles. The van der Waals surface area contributed by atoms with Crippen LogP contribution in [0, 0.1) is 12.8 Å². The second kappa shape index (κ2) is 8.06. The van der Waals surface area contributed by atoms with Crippen LogP contribution >= 0.6 is 11.5 Å². The van der Waals surface area contributed by atoms with Gasteiger partial charge in [0.2, 0.25) is 16.5 Å². The molecule has 1 saturated heterocycles. The maximum atomic E-state index is 12.7. The smallest absolute Gasteiger partial charge is 0.341 e. The first-order chi connectivity index (χ1) is 15.9. The maximum Gasteiger partial charge on any atom is 0.341 e. The summed E-state index contributed by atoms with van der Waals surface area (Å²) in [6.45, 7) is 2.83. The molecule has 2 N–H and O–H groups in total. The largest absolute Gasteiger partial charge is 0.477 e. The number of hydrogen-bond donors (Lipinski definition) is 2. The molecule has 1 aliphatic rings. The second-order valence-electron chi connectivity index (χ2n) is 7.62. The van der Waals surface area contributed by atoms with Crippen molar-refractivity contribution < 1.29 is 14.7 Å². The number of pyridine rings is 3. The lowest BCUT2D eigenvalue weighted by Gasteiger charge is -2.39. The molecule has 12 heteroatoms. The predicted octanol–water partition coefficient (Wildman–Crippen LogP) is 1.71. The Morgan fingerprint density at radius 1 is 1.21 bits per heavy atom. The highest BCUT2D eigenvalue weighted by atomic mass is 32.1. The molecular formula is C21H17N7O4S. The van der Waals surface area contributed by atoms with Gasteiger partial charge in [-0.3, -0.25) is 14.2 Å². The van der Waals surface area contributed by atoms with E-state index in [9.17, 15) is 19.5 Å². The number of nitrogens with zero attached hydrogens (tertiary/aromatic N) is 6. The first-order valence-electron chi connectivity index (χ1n) is 9.96. The summed E-state index contributed by atoms with van der Waals surface area (Å²) in [7, 11) is 0. The third-order valence-corrected chi connectivity index (χ3v) is 6.03. The highest BCUT2D eigenvalue weighted by Crippen LogP contribution is 2.26. The number of carbonyl (C=O) groups is 2. The van der Waals surface area contributed by atoms with E-state index in [0.29, 0.717) is 29.9 Å². The standard InChI is InChI=1S/C21H17N7O4S/c1-11-4-5-22-15(6-11)25-19(30)12-7-27(8-12)16-3-2-13-17(29)14(20(31)32)9-28(18(13)26-16)21-23-10-24-33-21/h2-6,9-10,12H,7-8H2,1H3,(H,31,32)(H,22,25,30). The van der Waals surface area contributed by atoms with E-state index in [1.807, 2.05) is 17.9 Å². The average Bonchev–Trinajstić information content (AvgIpc) is 3.27. The topological polar surface area (TPSA) is 143 Å². The Hall–Kier alpha value is -4.19. The van der Waals surface area contributed by atoms with Crippen molar-refractivity contribution in [3.05, 3.63) is 64.3 Å². The molecule has 1 amide bonds. The van der Waals surface area contributed by atoms with Crippen molar-refractivity contribution in [2.24, 2.45) is 5.92 Å². The number of hydrogen-bond acceptors (Lipinski definition) is 9. The molecule has 1 fully saturated rings. The molecule has 1 aliphatic heterocycles. The quantitative estimate of drug-likeness (QED) is 0.452. The van der Waals surface area contributed by atoms with Crippen LogP contribution in [0.2, 0.25) is 0 Å². The summed E-state index contributed by atoms with van der Waals surface area (Å²) >= 11 is 1.05. The van der Waals surface area contributed by atoms with Gasteiger partial charge in [0.05, 0.1) is 11.3 Å². The van der Waals surface area contributed by atoms with Gasteiger partial charge in [0.1, 0.15) is 23.5 Å². The van der Waals surface area contributed by atoms with E-state index in [2.05, 4.69) is 24.6 Å². The lowest BCUT2D eigenvalue weighted by Crippen LogP contribution is -2.52. The zero-order chi connectivity index (χ0) is 23.1. The molecule has 5 heterocycles. The van der Waals surface area contributed by atoms with E-state index in [0.717, 1.165) is 17.1 Å². The Balaban J connectivity index is 1.42. The van der Waals surface area contributed by atoms with Crippen molar-refractivity contribution in [3.8, 4) is 5.13 Å². The number of carboxylic acid groups (broad SMARTS) is 1. The van der Waals surface area contributed by atoms with Gasteiger partial charge in [-0.2, -0.15) is 4.37 Å². The first kappa shape index (κ1) is 20.7. The summed E-state index contributed by atoms with van der Waals surface area (Å²) < 4.78 is 5.41. The minimum Gasteiger partial charge on any atom is -0.477 e. The van der Waals surface area contributed by atoms with Crippen LogP contribution in [0.15, 0.2) is 47.8 Å². The van der Waals surface area contributed by atoms with Gasteiger partial charge in [0.15, 0.2) is 5.65 Å². The summed E-state index contributed by atoms with van der Waals surface area (Å²) in [5, 5.41) is 12.8. The van der Waals surface area contributed by atoms with Crippen molar-refractivity contribution in [1.29, 1.82) is 0 Å². The van der Waals surface area contributed by atoms with Gasteiger partial charge in [0, 0.05) is 37.0 Å². The molecule has 0 spiro atoms. The fourth-order valence-electron chi connectivity index (χ4n) is 3.61. The third kappa shape index (κ3) is 3.80. The Kier molecular flexibility index (Phi) is 5.05. The maximum absolute atomic E-state index is 12.7. The number of carboxylic acids is 1. The van der Waals surface area contributed by atoms with E-state index in [1.165, 1.54) is 17.1 Å². The van der Waals surface area contributed by atoms with Crippen molar-refractivity contribution >= 4 is 46.1 Å². The number of aromatic carboxylic acids is 1. The van der Waals surface area contributed by atoms with Crippen LogP contribution in [0.1, 0.15) is 15.9 Å². The first-order valence-corrected chi connectivity index (χ1v) is 10.7. The van der Waals surface area contributed by atoms with Crippen LogP contribution in [0.4, 0.5) is 11.6 Å². The molecule has 33 heavy (non-hydrogen) atoms. The van der Waals surface area contributed by atoms with Crippen LogP contribution in [-0.4, -0.2) is 54.0 Å². The molecule has 0 radical (unpaired) electrons. The highest BCUT2D eigenvalue weighted by Gasteiger charge is 2.34. The normalized spacial score (nSPS) is 13.7. The number of fused-ring (bicyclic) bond motifs is 1. The molecule has 166 valence electrons. The molecule has 4 aromatic rings. The van der Waals surface area contributed by atoms with Crippen LogP contribution in [0.5, 0.6) is 0 Å². The fraction of sp³-hybridized carbons (Fsp3) is 0.190. The minimum atomic E-state index is -1.33. The third-order valence-electron chi connectivity index (χ3n) is 5.37. The fourth-order valence-corrected chi connectivity index (χ4v) is 4.12. The van der Waals surface area contributed by atoms with Gasteiger partial charge in [-0.15, -0.1) is 0 Å². The molecule has 0 aromatic carbocycles. The SMILES string of the molecule is Cc1ccnc(NC(=O)C2CN(c3ccc4c(=O)c(C(=O)O)cn(-c5ncns5)c4n3)C2)c1. The molecule has 11 nitrogen and oxygen atoms in total. The lowest BCUT2D eigenvalue weighted by molar-refractivity contribution is -0.120. The van der Waals surface area contributed by atoms with Crippen LogP contribution in [0.3, 0.4) is 0 Å². The van der Waals surface area contributed by atoms with Crippen LogP contribution in [-0.2, 0) is 4.79 Å². The number of aryl methyl sites for hydroxylation is 1.